The van der Waals surface area contributed by atoms with E-state index >= 15 is 0 Å². The number of carbonyl (C=O) groups is 2. The summed E-state index contributed by atoms with van der Waals surface area (Å²) in [5.41, 5.74) is 5.14. The van der Waals surface area contributed by atoms with Crippen LogP contribution in [0.2, 0.25) is 0 Å². The number of hydrazine groups is 1. The van der Waals surface area contributed by atoms with Crippen molar-refractivity contribution in [3.05, 3.63) is 23.8 Å². The number of rotatable bonds is 6. The van der Waals surface area contributed by atoms with Crippen LogP contribution < -0.4 is 20.3 Å². The van der Waals surface area contributed by atoms with Gasteiger partial charge in [0.15, 0.2) is 11.5 Å². The zero-order valence-corrected chi connectivity index (χ0v) is 12.9. The van der Waals surface area contributed by atoms with E-state index in [1.807, 2.05) is 13.8 Å². The number of hydrogen-bond donors (Lipinski definition) is 2. The molecule has 0 aliphatic carbocycles. The van der Waals surface area contributed by atoms with Gasteiger partial charge in [-0.1, -0.05) is 13.8 Å². The average Bonchev–Trinajstić information content (AvgIpc) is 2.49. The van der Waals surface area contributed by atoms with Crippen LogP contribution >= 0.6 is 0 Å². The largest absolute Gasteiger partial charge is 0.493 e. The van der Waals surface area contributed by atoms with E-state index in [2.05, 4.69) is 10.9 Å². The topological polar surface area (TPSA) is 76.7 Å². The van der Waals surface area contributed by atoms with Gasteiger partial charge in [-0.15, -0.1) is 0 Å². The first-order chi connectivity index (χ1) is 9.97. The summed E-state index contributed by atoms with van der Waals surface area (Å²) < 4.78 is 10.2. The molecule has 6 nitrogen and oxygen atoms in total. The van der Waals surface area contributed by atoms with Crippen molar-refractivity contribution in [1.29, 1.82) is 0 Å². The van der Waals surface area contributed by atoms with E-state index in [9.17, 15) is 9.59 Å². The Morgan fingerprint density at radius 3 is 2.33 bits per heavy atom. The fraction of sp³-hybridized carbons (Fsp3) is 0.467. The minimum Gasteiger partial charge on any atom is -0.493 e. The summed E-state index contributed by atoms with van der Waals surface area (Å²) in [5, 5.41) is 0. The molecule has 1 aromatic rings. The summed E-state index contributed by atoms with van der Waals surface area (Å²) in [7, 11) is 3.01. The van der Waals surface area contributed by atoms with Crippen molar-refractivity contribution in [3.8, 4) is 11.5 Å². The predicted molar refractivity (Wildman–Crippen MR) is 79.2 cm³/mol. The lowest BCUT2D eigenvalue weighted by Gasteiger charge is -2.11. The Morgan fingerprint density at radius 1 is 1.10 bits per heavy atom. The van der Waals surface area contributed by atoms with E-state index in [-0.39, 0.29) is 5.91 Å². The first-order valence-electron chi connectivity index (χ1n) is 6.79. The number of benzene rings is 1. The molecule has 1 aromatic carbocycles. The van der Waals surface area contributed by atoms with Crippen LogP contribution in [0, 0.1) is 5.92 Å². The lowest BCUT2D eigenvalue weighted by Crippen LogP contribution is -2.41. The second-order valence-corrected chi connectivity index (χ2v) is 5.00. The smallest absolute Gasteiger partial charge is 0.269 e. The third-order valence-electron chi connectivity index (χ3n) is 2.91. The minimum absolute atomic E-state index is 0.211. The molecule has 0 saturated carbocycles. The van der Waals surface area contributed by atoms with Gasteiger partial charge in [-0.3, -0.25) is 20.4 Å². The Hall–Kier alpha value is -2.24. The Balaban J connectivity index is 2.58. The maximum absolute atomic E-state index is 11.9. The summed E-state index contributed by atoms with van der Waals surface area (Å²) in [5.74, 6) is 0.815. The molecule has 2 amide bonds. The van der Waals surface area contributed by atoms with E-state index in [1.54, 1.807) is 18.2 Å². The molecule has 0 saturated heterocycles. The molecule has 1 rings (SSSR count). The van der Waals surface area contributed by atoms with Gasteiger partial charge >= 0.3 is 0 Å². The Morgan fingerprint density at radius 2 is 1.76 bits per heavy atom. The summed E-state index contributed by atoms with van der Waals surface area (Å²) in [6.07, 6.45) is 1.15. The normalized spacial score (nSPS) is 10.1. The summed E-state index contributed by atoms with van der Waals surface area (Å²) in [4.78, 5) is 23.5. The molecule has 0 fully saturated rings. The zero-order valence-electron chi connectivity index (χ0n) is 12.9. The molecule has 0 aliphatic rings. The molecule has 0 aliphatic heterocycles. The van der Waals surface area contributed by atoms with E-state index in [0.29, 0.717) is 29.4 Å². The van der Waals surface area contributed by atoms with E-state index in [4.69, 9.17) is 9.47 Å². The second-order valence-electron chi connectivity index (χ2n) is 5.00. The van der Waals surface area contributed by atoms with E-state index in [1.165, 1.54) is 14.2 Å². The van der Waals surface area contributed by atoms with Crippen LogP contribution in [0.25, 0.3) is 0 Å². The van der Waals surface area contributed by atoms with Crippen LogP contribution in [0.1, 0.15) is 37.0 Å². The molecule has 0 atom stereocenters. The van der Waals surface area contributed by atoms with Gasteiger partial charge in [-0.25, -0.2) is 0 Å². The molecular formula is C15H22N2O4. The maximum atomic E-state index is 11.9. The highest BCUT2D eigenvalue weighted by atomic mass is 16.5. The van der Waals surface area contributed by atoms with Crippen molar-refractivity contribution in [2.45, 2.75) is 26.7 Å². The van der Waals surface area contributed by atoms with Gasteiger partial charge in [0.2, 0.25) is 5.91 Å². The van der Waals surface area contributed by atoms with E-state index < -0.39 is 5.91 Å². The molecule has 0 aromatic heterocycles. The lowest BCUT2D eigenvalue weighted by atomic mass is 10.1. The van der Waals surface area contributed by atoms with Crippen LogP contribution in [0.15, 0.2) is 18.2 Å². The van der Waals surface area contributed by atoms with Gasteiger partial charge in [0.1, 0.15) is 0 Å². The predicted octanol–water partition coefficient (Wildman–Crippen LogP) is 1.90. The van der Waals surface area contributed by atoms with E-state index in [0.717, 1.165) is 6.42 Å². The number of methoxy groups -OCH3 is 2. The SMILES string of the molecule is COc1ccc(C(=O)NNC(=O)CCC(C)C)cc1OC. The van der Waals surface area contributed by atoms with Gasteiger partial charge in [-0.05, 0) is 30.5 Å². The molecule has 0 unspecified atom stereocenters. The Labute approximate surface area is 124 Å². The Kier molecular flexibility index (Phi) is 6.52. The standard InChI is InChI=1S/C15H22N2O4/c1-10(2)5-8-14(18)16-17-15(19)11-6-7-12(20-3)13(9-11)21-4/h6-7,9-10H,5,8H2,1-4H3,(H,16,18)(H,17,19). The molecule has 0 radical (unpaired) electrons. The van der Waals surface area contributed by atoms with Crippen LogP contribution in [0.4, 0.5) is 0 Å². The number of carbonyl (C=O) groups excluding carboxylic acids is 2. The second kappa shape index (κ2) is 8.14. The maximum Gasteiger partial charge on any atom is 0.269 e. The summed E-state index contributed by atoms with van der Waals surface area (Å²) in [6, 6.07) is 4.78. The highest BCUT2D eigenvalue weighted by molar-refractivity contribution is 5.96. The van der Waals surface area contributed by atoms with Gasteiger partial charge in [0.25, 0.3) is 5.91 Å². The molecule has 6 heteroatoms. The summed E-state index contributed by atoms with van der Waals surface area (Å²) in [6.45, 7) is 4.07. The fourth-order valence-electron chi connectivity index (χ4n) is 1.66. The number of ether oxygens (including phenoxy) is 2. The molecule has 0 heterocycles. The molecular weight excluding hydrogens is 272 g/mol. The molecule has 2 N–H and O–H groups in total. The Bertz CT molecular complexity index is 500. The van der Waals surface area contributed by atoms with Crippen molar-refractivity contribution < 1.29 is 19.1 Å². The van der Waals surface area contributed by atoms with Crippen molar-refractivity contribution in [1.82, 2.24) is 10.9 Å². The molecule has 0 spiro atoms. The number of amides is 2. The highest BCUT2D eigenvalue weighted by Gasteiger charge is 2.11. The molecule has 0 bridgehead atoms. The number of nitrogens with one attached hydrogen (secondary N) is 2. The first kappa shape index (κ1) is 16.8. The van der Waals surface area contributed by atoms with Gasteiger partial charge in [-0.2, -0.15) is 0 Å². The number of hydrogen-bond acceptors (Lipinski definition) is 4. The van der Waals surface area contributed by atoms with Crippen molar-refractivity contribution >= 4 is 11.8 Å². The highest BCUT2D eigenvalue weighted by Crippen LogP contribution is 2.27. The van der Waals surface area contributed by atoms with Crippen molar-refractivity contribution in [3.63, 3.8) is 0 Å². The third-order valence-corrected chi connectivity index (χ3v) is 2.91. The first-order valence-corrected chi connectivity index (χ1v) is 6.79. The zero-order chi connectivity index (χ0) is 15.8. The van der Waals surface area contributed by atoms with Crippen LogP contribution in [-0.2, 0) is 4.79 Å². The van der Waals surface area contributed by atoms with Crippen molar-refractivity contribution in [2.24, 2.45) is 5.92 Å². The quantitative estimate of drug-likeness (QED) is 0.786. The van der Waals surface area contributed by atoms with Crippen LogP contribution in [0.3, 0.4) is 0 Å². The average molecular weight is 294 g/mol. The molecule has 21 heavy (non-hydrogen) atoms. The van der Waals surface area contributed by atoms with Crippen LogP contribution in [-0.4, -0.2) is 26.0 Å². The third kappa shape index (κ3) is 5.33. The minimum atomic E-state index is -0.408. The van der Waals surface area contributed by atoms with Gasteiger partial charge in [0, 0.05) is 12.0 Å². The van der Waals surface area contributed by atoms with Gasteiger partial charge in [0.05, 0.1) is 14.2 Å². The van der Waals surface area contributed by atoms with Crippen molar-refractivity contribution in [2.75, 3.05) is 14.2 Å². The fourth-order valence-corrected chi connectivity index (χ4v) is 1.66. The monoisotopic (exact) mass is 294 g/mol. The molecule has 116 valence electrons. The van der Waals surface area contributed by atoms with Gasteiger partial charge < -0.3 is 9.47 Å². The lowest BCUT2D eigenvalue weighted by molar-refractivity contribution is -0.122. The van der Waals surface area contributed by atoms with Crippen LogP contribution in [0.5, 0.6) is 11.5 Å². The summed E-state index contributed by atoms with van der Waals surface area (Å²) >= 11 is 0.